The molecule has 0 fully saturated rings. The molecule has 1 heterocycles. The lowest BCUT2D eigenvalue weighted by Gasteiger charge is -2.24. The number of rotatable bonds is 8. The second-order valence-corrected chi connectivity index (χ2v) is 7.33. The lowest BCUT2D eigenvalue weighted by Crippen LogP contribution is -2.44. The van der Waals surface area contributed by atoms with Crippen LogP contribution < -0.4 is 20.7 Å². The summed E-state index contributed by atoms with van der Waals surface area (Å²) in [6, 6.07) is 7.46. The van der Waals surface area contributed by atoms with Gasteiger partial charge in [0.25, 0.3) is 0 Å². The van der Waals surface area contributed by atoms with Gasteiger partial charge in [-0.25, -0.2) is 4.99 Å². The van der Waals surface area contributed by atoms with E-state index in [0.717, 1.165) is 11.1 Å². The average molecular weight is 532 g/mol. The number of methoxy groups -OCH3 is 1. The number of nitrogens with zero attached hydrogens (tertiary/aromatic N) is 1. The number of aliphatic imine (C=N–C) groups is 1. The zero-order valence-electron chi connectivity index (χ0n) is 17.1. The summed E-state index contributed by atoms with van der Waals surface area (Å²) in [4.78, 5) is 16.0. The van der Waals surface area contributed by atoms with E-state index in [4.69, 9.17) is 4.74 Å². The molecule has 1 unspecified atom stereocenters. The van der Waals surface area contributed by atoms with Gasteiger partial charge in [-0.2, -0.15) is 11.3 Å². The minimum Gasteiger partial charge on any atom is -0.495 e. The molecular weight excluding hydrogens is 503 g/mol. The van der Waals surface area contributed by atoms with Crippen molar-refractivity contribution in [2.24, 2.45) is 4.99 Å². The van der Waals surface area contributed by atoms with Crippen molar-refractivity contribution in [3.05, 3.63) is 46.2 Å². The van der Waals surface area contributed by atoms with Gasteiger partial charge < -0.3 is 25.8 Å². The number of carbonyl (C=O) groups is 1. The Morgan fingerprint density at radius 2 is 2.07 bits per heavy atom. The Morgan fingerprint density at radius 3 is 2.66 bits per heavy atom. The van der Waals surface area contributed by atoms with Gasteiger partial charge in [-0.3, -0.25) is 4.79 Å². The third-order valence-electron chi connectivity index (χ3n) is 4.08. The molecule has 29 heavy (non-hydrogen) atoms. The van der Waals surface area contributed by atoms with Crippen LogP contribution in [0.15, 0.2) is 40.0 Å². The predicted molar refractivity (Wildman–Crippen MR) is 129 cm³/mol. The number of hydrogen-bond donors (Lipinski definition) is 4. The molecule has 0 spiro atoms. The SMILES string of the molecule is CCNC(=NCc1ccc(OC)c(NC(C)=O)c1)NCC(C)(O)c1ccsc1.I. The van der Waals surface area contributed by atoms with Crippen molar-refractivity contribution in [1.29, 1.82) is 0 Å². The van der Waals surface area contributed by atoms with Crippen LogP contribution in [0.1, 0.15) is 31.9 Å². The van der Waals surface area contributed by atoms with Crippen LogP contribution in [0.2, 0.25) is 0 Å². The van der Waals surface area contributed by atoms with Crippen LogP contribution in [-0.4, -0.2) is 37.2 Å². The van der Waals surface area contributed by atoms with Gasteiger partial charge >= 0.3 is 0 Å². The summed E-state index contributed by atoms with van der Waals surface area (Å²) in [6.45, 7) is 6.65. The highest BCUT2D eigenvalue weighted by Crippen LogP contribution is 2.26. The molecule has 0 radical (unpaired) electrons. The van der Waals surface area contributed by atoms with Crippen LogP contribution >= 0.6 is 35.3 Å². The molecule has 7 nitrogen and oxygen atoms in total. The van der Waals surface area contributed by atoms with E-state index in [9.17, 15) is 9.90 Å². The molecule has 0 aliphatic carbocycles. The lowest BCUT2D eigenvalue weighted by atomic mass is 9.99. The van der Waals surface area contributed by atoms with Crippen molar-refractivity contribution >= 4 is 52.9 Å². The van der Waals surface area contributed by atoms with Gasteiger partial charge in [0.15, 0.2) is 5.96 Å². The molecule has 0 saturated carbocycles. The summed E-state index contributed by atoms with van der Waals surface area (Å²) in [6.07, 6.45) is 0. The Labute approximate surface area is 193 Å². The minimum atomic E-state index is -0.991. The lowest BCUT2D eigenvalue weighted by molar-refractivity contribution is -0.114. The third kappa shape index (κ3) is 7.82. The van der Waals surface area contributed by atoms with Gasteiger partial charge in [0.1, 0.15) is 11.4 Å². The number of carbonyl (C=O) groups excluding carboxylic acids is 1. The van der Waals surface area contributed by atoms with Crippen molar-refractivity contribution in [3.8, 4) is 5.75 Å². The molecule has 160 valence electrons. The van der Waals surface area contributed by atoms with Crippen molar-refractivity contribution < 1.29 is 14.6 Å². The third-order valence-corrected chi connectivity index (χ3v) is 4.76. The number of nitrogens with one attached hydrogen (secondary N) is 3. The van der Waals surface area contributed by atoms with E-state index in [2.05, 4.69) is 20.9 Å². The summed E-state index contributed by atoms with van der Waals surface area (Å²) < 4.78 is 5.27. The van der Waals surface area contributed by atoms with Crippen LogP contribution in [0, 0.1) is 0 Å². The standard InChI is InChI=1S/C20H28N4O3S.HI/c1-5-21-19(23-13-20(3,26)16-8-9-28-12-16)22-11-15-6-7-18(27-4)17(10-15)24-14(2)25;/h6-10,12,26H,5,11,13H2,1-4H3,(H,24,25)(H2,21,22,23);1H. The second-order valence-electron chi connectivity index (χ2n) is 6.55. The molecule has 1 aromatic carbocycles. The number of guanidine groups is 1. The van der Waals surface area contributed by atoms with Gasteiger partial charge in [0, 0.05) is 13.5 Å². The first-order valence-electron chi connectivity index (χ1n) is 9.07. The van der Waals surface area contributed by atoms with Crippen LogP contribution in [0.5, 0.6) is 5.75 Å². The number of anilines is 1. The Balaban J connectivity index is 0.00000420. The van der Waals surface area contributed by atoms with Crippen molar-refractivity contribution in [2.45, 2.75) is 32.9 Å². The normalized spacial score (nSPS) is 13.1. The molecule has 1 atom stereocenters. The topological polar surface area (TPSA) is 95.0 Å². The fraction of sp³-hybridized carbons (Fsp3) is 0.400. The fourth-order valence-corrected chi connectivity index (χ4v) is 3.36. The molecule has 2 rings (SSSR count). The maximum absolute atomic E-state index is 11.4. The molecule has 1 amide bonds. The van der Waals surface area contributed by atoms with Crippen LogP contribution in [0.25, 0.3) is 0 Å². The summed E-state index contributed by atoms with van der Waals surface area (Å²) in [5.41, 5.74) is 1.41. The zero-order chi connectivity index (χ0) is 20.6. The maximum atomic E-state index is 11.4. The van der Waals surface area contributed by atoms with E-state index in [1.807, 2.05) is 35.9 Å². The monoisotopic (exact) mass is 532 g/mol. The Hall–Kier alpha value is -1.85. The van der Waals surface area contributed by atoms with Crippen LogP contribution in [0.3, 0.4) is 0 Å². The first-order valence-corrected chi connectivity index (χ1v) is 10.0. The van der Waals surface area contributed by atoms with E-state index >= 15 is 0 Å². The molecule has 0 aliphatic rings. The van der Waals surface area contributed by atoms with E-state index in [1.54, 1.807) is 31.4 Å². The predicted octanol–water partition coefficient (Wildman–Crippen LogP) is 3.30. The summed E-state index contributed by atoms with van der Waals surface area (Å²) in [5, 5.41) is 23.7. The highest BCUT2D eigenvalue weighted by atomic mass is 127. The largest absolute Gasteiger partial charge is 0.495 e. The minimum absolute atomic E-state index is 0. The fourth-order valence-electron chi connectivity index (χ4n) is 2.58. The number of thiophene rings is 1. The second kappa shape index (κ2) is 12.0. The number of benzene rings is 1. The van der Waals surface area contributed by atoms with Gasteiger partial charge in [-0.1, -0.05) is 6.07 Å². The van der Waals surface area contributed by atoms with Crippen molar-refractivity contribution in [2.75, 3.05) is 25.5 Å². The molecule has 9 heteroatoms. The van der Waals surface area contributed by atoms with Gasteiger partial charge in [-0.05, 0) is 53.9 Å². The molecule has 4 N–H and O–H groups in total. The first kappa shape index (κ1) is 25.2. The smallest absolute Gasteiger partial charge is 0.221 e. The molecule has 0 saturated heterocycles. The summed E-state index contributed by atoms with van der Waals surface area (Å²) in [7, 11) is 1.56. The summed E-state index contributed by atoms with van der Waals surface area (Å²) in [5.74, 6) is 1.04. The van der Waals surface area contributed by atoms with Crippen LogP contribution in [0.4, 0.5) is 5.69 Å². The number of aliphatic hydroxyl groups is 1. The van der Waals surface area contributed by atoms with Gasteiger partial charge in [0.2, 0.25) is 5.91 Å². The van der Waals surface area contributed by atoms with Gasteiger partial charge in [-0.15, -0.1) is 24.0 Å². The maximum Gasteiger partial charge on any atom is 0.221 e. The number of halogens is 1. The molecule has 0 bridgehead atoms. The van der Waals surface area contributed by atoms with E-state index in [1.165, 1.54) is 6.92 Å². The molecule has 1 aromatic heterocycles. The number of ether oxygens (including phenoxy) is 1. The van der Waals surface area contributed by atoms with E-state index in [-0.39, 0.29) is 29.9 Å². The number of amides is 1. The Kier molecular flexibility index (Phi) is 10.4. The number of hydrogen-bond acceptors (Lipinski definition) is 5. The van der Waals surface area contributed by atoms with Crippen molar-refractivity contribution in [3.63, 3.8) is 0 Å². The molecular formula is C20H29IN4O3S. The van der Waals surface area contributed by atoms with Crippen LogP contribution in [-0.2, 0) is 16.9 Å². The van der Waals surface area contributed by atoms with E-state index in [0.29, 0.717) is 37.0 Å². The Morgan fingerprint density at radius 1 is 1.31 bits per heavy atom. The Bertz CT molecular complexity index is 810. The first-order chi connectivity index (χ1) is 13.4. The molecule has 0 aliphatic heterocycles. The van der Waals surface area contributed by atoms with E-state index < -0.39 is 5.60 Å². The highest BCUT2D eigenvalue weighted by Gasteiger charge is 2.23. The summed E-state index contributed by atoms with van der Waals surface area (Å²) >= 11 is 1.55. The molecule has 2 aromatic rings. The van der Waals surface area contributed by atoms with Gasteiger partial charge in [0.05, 0.1) is 25.9 Å². The quantitative estimate of drug-likeness (QED) is 0.238. The average Bonchev–Trinajstić information content (AvgIpc) is 3.19. The highest BCUT2D eigenvalue weighted by molar-refractivity contribution is 14.0. The zero-order valence-corrected chi connectivity index (χ0v) is 20.3. The van der Waals surface area contributed by atoms with Crippen molar-refractivity contribution in [1.82, 2.24) is 10.6 Å².